The van der Waals surface area contributed by atoms with Gasteiger partial charge in [0.2, 0.25) is 0 Å². The standard InChI is InChI=1S/C11H15Br2NO2/c1-3-11(6-12,7-13)14-10(15)9-4-5-16-8(9)2/h4-5H,3,6-7H2,1-2H3,(H,14,15). The Hall–Kier alpha value is -0.290. The molecule has 0 spiro atoms. The van der Waals surface area contributed by atoms with Gasteiger partial charge in [0.25, 0.3) is 5.91 Å². The second-order valence-corrected chi connectivity index (χ2v) is 4.87. The average Bonchev–Trinajstić information content (AvgIpc) is 2.72. The Balaban J connectivity index is 2.81. The van der Waals surface area contributed by atoms with Gasteiger partial charge in [0.15, 0.2) is 0 Å². The normalized spacial score (nSPS) is 11.5. The van der Waals surface area contributed by atoms with E-state index in [4.69, 9.17) is 4.42 Å². The van der Waals surface area contributed by atoms with Gasteiger partial charge in [-0.05, 0) is 19.4 Å². The van der Waals surface area contributed by atoms with Crippen LogP contribution in [-0.4, -0.2) is 22.1 Å². The molecule has 1 amide bonds. The van der Waals surface area contributed by atoms with Gasteiger partial charge in [0.05, 0.1) is 17.4 Å². The fraction of sp³-hybridized carbons (Fsp3) is 0.545. The van der Waals surface area contributed by atoms with Crippen LogP contribution in [0.1, 0.15) is 29.5 Å². The number of hydrogen-bond donors (Lipinski definition) is 1. The molecule has 1 heterocycles. The van der Waals surface area contributed by atoms with Crippen molar-refractivity contribution in [1.29, 1.82) is 0 Å². The highest BCUT2D eigenvalue weighted by molar-refractivity contribution is 9.09. The average molecular weight is 353 g/mol. The first-order valence-corrected chi connectivity index (χ1v) is 7.31. The number of carbonyl (C=O) groups is 1. The van der Waals surface area contributed by atoms with Crippen molar-refractivity contribution in [3.05, 3.63) is 23.7 Å². The highest BCUT2D eigenvalue weighted by Crippen LogP contribution is 2.18. The van der Waals surface area contributed by atoms with E-state index < -0.39 is 0 Å². The van der Waals surface area contributed by atoms with Crippen molar-refractivity contribution < 1.29 is 9.21 Å². The topological polar surface area (TPSA) is 42.2 Å². The van der Waals surface area contributed by atoms with Crippen LogP contribution < -0.4 is 5.32 Å². The summed E-state index contributed by atoms with van der Waals surface area (Å²) in [7, 11) is 0. The second kappa shape index (κ2) is 5.87. The van der Waals surface area contributed by atoms with E-state index in [9.17, 15) is 4.79 Å². The highest BCUT2D eigenvalue weighted by atomic mass is 79.9. The van der Waals surface area contributed by atoms with Crippen LogP contribution >= 0.6 is 31.9 Å². The second-order valence-electron chi connectivity index (χ2n) is 3.75. The summed E-state index contributed by atoms with van der Waals surface area (Å²) in [5.74, 6) is 0.554. The van der Waals surface area contributed by atoms with Gasteiger partial charge in [-0.3, -0.25) is 4.79 Å². The number of furan rings is 1. The van der Waals surface area contributed by atoms with Crippen LogP contribution in [0.2, 0.25) is 0 Å². The monoisotopic (exact) mass is 351 g/mol. The third-order valence-corrected chi connectivity index (χ3v) is 4.82. The summed E-state index contributed by atoms with van der Waals surface area (Å²) in [5.41, 5.74) is 0.348. The summed E-state index contributed by atoms with van der Waals surface area (Å²) in [4.78, 5) is 12.0. The smallest absolute Gasteiger partial charge is 0.255 e. The van der Waals surface area contributed by atoms with Gasteiger partial charge >= 0.3 is 0 Å². The number of aryl methyl sites for hydroxylation is 1. The maximum Gasteiger partial charge on any atom is 0.255 e. The molecule has 0 bridgehead atoms. The van der Waals surface area contributed by atoms with Crippen molar-refractivity contribution in [3.8, 4) is 0 Å². The van der Waals surface area contributed by atoms with Gasteiger partial charge in [-0.15, -0.1) is 0 Å². The number of halogens is 2. The summed E-state index contributed by atoms with van der Waals surface area (Å²) in [5, 5.41) is 4.46. The number of amides is 1. The van der Waals surface area contributed by atoms with Crippen molar-refractivity contribution in [2.45, 2.75) is 25.8 Å². The molecule has 0 saturated carbocycles. The quantitative estimate of drug-likeness (QED) is 0.826. The lowest BCUT2D eigenvalue weighted by atomic mass is 10.0. The maximum atomic E-state index is 12.0. The van der Waals surface area contributed by atoms with E-state index in [-0.39, 0.29) is 11.4 Å². The van der Waals surface area contributed by atoms with E-state index in [1.807, 2.05) is 6.92 Å². The van der Waals surface area contributed by atoms with E-state index in [2.05, 4.69) is 37.2 Å². The lowest BCUT2D eigenvalue weighted by Gasteiger charge is -2.29. The predicted octanol–water partition coefficient (Wildman–Crippen LogP) is 3.26. The third-order valence-electron chi connectivity index (χ3n) is 2.67. The van der Waals surface area contributed by atoms with Crippen LogP contribution in [0, 0.1) is 6.92 Å². The zero-order valence-electron chi connectivity index (χ0n) is 9.35. The minimum atomic E-state index is -0.249. The SMILES string of the molecule is CCC(CBr)(CBr)NC(=O)c1ccoc1C. The molecule has 0 unspecified atom stereocenters. The Morgan fingerprint density at radius 3 is 2.50 bits per heavy atom. The molecule has 90 valence electrons. The van der Waals surface area contributed by atoms with Gasteiger partial charge in [-0.25, -0.2) is 0 Å². The number of nitrogens with one attached hydrogen (secondary N) is 1. The van der Waals surface area contributed by atoms with Crippen molar-refractivity contribution in [3.63, 3.8) is 0 Å². The molecule has 5 heteroatoms. The molecule has 1 N–H and O–H groups in total. The van der Waals surface area contributed by atoms with Crippen molar-refractivity contribution in [1.82, 2.24) is 5.32 Å². The number of carbonyl (C=O) groups excluding carboxylic acids is 1. The molecule has 1 aromatic rings. The zero-order chi connectivity index (χ0) is 12.2. The van der Waals surface area contributed by atoms with Crippen molar-refractivity contribution in [2.75, 3.05) is 10.7 Å². The van der Waals surface area contributed by atoms with Crippen LogP contribution in [0.4, 0.5) is 0 Å². The molecular weight excluding hydrogens is 338 g/mol. The fourth-order valence-corrected chi connectivity index (χ4v) is 3.31. The molecule has 0 atom stereocenters. The highest BCUT2D eigenvalue weighted by Gasteiger charge is 2.28. The Labute approximate surface area is 112 Å². The minimum absolute atomic E-state index is 0.0907. The van der Waals surface area contributed by atoms with E-state index in [1.165, 1.54) is 6.26 Å². The molecule has 0 aromatic carbocycles. The van der Waals surface area contributed by atoms with Gasteiger partial charge in [-0.1, -0.05) is 38.8 Å². The van der Waals surface area contributed by atoms with Crippen LogP contribution in [0.25, 0.3) is 0 Å². The van der Waals surface area contributed by atoms with Crippen LogP contribution in [-0.2, 0) is 0 Å². The zero-order valence-corrected chi connectivity index (χ0v) is 12.5. The maximum absolute atomic E-state index is 12.0. The first kappa shape index (κ1) is 13.8. The van der Waals surface area contributed by atoms with E-state index in [1.54, 1.807) is 13.0 Å². The largest absolute Gasteiger partial charge is 0.469 e. The summed E-state index contributed by atoms with van der Waals surface area (Å²) < 4.78 is 5.12. The lowest BCUT2D eigenvalue weighted by molar-refractivity contribution is 0.0914. The molecule has 16 heavy (non-hydrogen) atoms. The third kappa shape index (κ3) is 2.88. The summed E-state index contributed by atoms with van der Waals surface area (Å²) in [6.07, 6.45) is 2.38. The van der Waals surface area contributed by atoms with Gasteiger partial charge in [0, 0.05) is 10.7 Å². The number of alkyl halides is 2. The molecular formula is C11H15Br2NO2. The Kier molecular flexibility index (Phi) is 5.05. The molecule has 0 aliphatic carbocycles. The molecule has 0 aliphatic rings. The van der Waals surface area contributed by atoms with Crippen LogP contribution in [0.15, 0.2) is 16.7 Å². The molecule has 0 radical (unpaired) electrons. The predicted molar refractivity (Wildman–Crippen MR) is 71.5 cm³/mol. The Morgan fingerprint density at radius 1 is 1.50 bits per heavy atom. The molecule has 0 aliphatic heterocycles. The van der Waals surface area contributed by atoms with E-state index in [0.717, 1.165) is 6.42 Å². The first-order valence-electron chi connectivity index (χ1n) is 5.07. The van der Waals surface area contributed by atoms with Crippen LogP contribution in [0.5, 0.6) is 0 Å². The minimum Gasteiger partial charge on any atom is -0.469 e. The molecule has 1 aromatic heterocycles. The molecule has 3 nitrogen and oxygen atoms in total. The first-order chi connectivity index (χ1) is 7.58. The van der Waals surface area contributed by atoms with Crippen molar-refractivity contribution >= 4 is 37.8 Å². The molecule has 0 fully saturated rings. The molecule has 1 rings (SSSR count). The lowest BCUT2D eigenvalue weighted by Crippen LogP contribution is -2.51. The van der Waals surface area contributed by atoms with Gasteiger partial charge in [-0.2, -0.15) is 0 Å². The number of rotatable bonds is 5. The summed E-state index contributed by atoms with van der Waals surface area (Å²) >= 11 is 6.87. The van der Waals surface area contributed by atoms with Gasteiger partial charge < -0.3 is 9.73 Å². The fourth-order valence-electron chi connectivity index (χ4n) is 1.31. The van der Waals surface area contributed by atoms with Crippen molar-refractivity contribution in [2.24, 2.45) is 0 Å². The Bertz CT molecular complexity index is 350. The summed E-state index contributed by atoms with van der Waals surface area (Å²) in [6.45, 7) is 3.83. The Morgan fingerprint density at radius 2 is 2.12 bits per heavy atom. The van der Waals surface area contributed by atoms with E-state index >= 15 is 0 Å². The number of hydrogen-bond acceptors (Lipinski definition) is 2. The molecule has 0 saturated heterocycles. The van der Waals surface area contributed by atoms with Crippen LogP contribution in [0.3, 0.4) is 0 Å². The van der Waals surface area contributed by atoms with E-state index in [0.29, 0.717) is 22.0 Å². The van der Waals surface area contributed by atoms with Gasteiger partial charge in [0.1, 0.15) is 5.76 Å². The summed E-state index contributed by atoms with van der Waals surface area (Å²) in [6, 6.07) is 1.69.